The van der Waals surface area contributed by atoms with Gasteiger partial charge in [0.1, 0.15) is 12.7 Å². The van der Waals surface area contributed by atoms with E-state index < -0.39 is 28.3 Å². The van der Waals surface area contributed by atoms with Crippen LogP contribution in [0.5, 0.6) is 0 Å². The predicted octanol–water partition coefficient (Wildman–Crippen LogP) is 8.79. The molecule has 0 bridgehead atoms. The highest BCUT2D eigenvalue weighted by Gasteiger charge is 2.45. The Kier molecular flexibility index (Phi) is 11.9. The topological polar surface area (TPSA) is 82.0 Å². The third-order valence-corrected chi connectivity index (χ3v) is 17.9. The molecule has 1 N–H and O–H groups in total. The maximum atomic E-state index is 14.3. The average Bonchev–Trinajstić information content (AvgIpc) is 3.18. The highest BCUT2D eigenvalue weighted by atomic mass is 35.5. The van der Waals surface area contributed by atoms with Crippen molar-refractivity contribution in [2.45, 2.75) is 103 Å². The van der Waals surface area contributed by atoms with Crippen molar-refractivity contribution in [3.8, 4) is 0 Å². The largest absolute Gasteiger partial charge is 0.416 e. The van der Waals surface area contributed by atoms with Crippen molar-refractivity contribution in [3.05, 3.63) is 39.7 Å². The molecule has 0 spiro atoms. The molecule has 1 aliphatic carbocycles. The Balaban J connectivity index is 0.000000526. The van der Waals surface area contributed by atoms with Gasteiger partial charge in [-0.1, -0.05) is 76.3 Å². The molecule has 1 saturated carbocycles. The quantitative estimate of drug-likeness (QED) is 0.236. The van der Waals surface area contributed by atoms with Gasteiger partial charge in [-0.15, -0.1) is 0 Å². The van der Waals surface area contributed by atoms with Crippen molar-refractivity contribution in [2.24, 2.45) is 5.92 Å². The van der Waals surface area contributed by atoms with Gasteiger partial charge in [0.25, 0.3) is 0 Å². The first-order valence-corrected chi connectivity index (χ1v) is 20.2. The molecule has 0 saturated heterocycles. The molecule has 2 heterocycles. The van der Waals surface area contributed by atoms with Crippen LogP contribution in [0.4, 0.5) is 14.6 Å². The number of hydrogen-bond acceptors (Lipinski definition) is 7. The molecule has 0 radical (unpaired) electrons. The van der Waals surface area contributed by atoms with Crippen LogP contribution >= 0.6 is 34.8 Å². The van der Waals surface area contributed by atoms with Gasteiger partial charge in [0, 0.05) is 18.6 Å². The van der Waals surface area contributed by atoms with Gasteiger partial charge in [0.2, 0.25) is 5.82 Å². The molecular formula is C26H42Cl3F2N5O2Si2. The molecule has 14 heteroatoms. The fourth-order valence-electron chi connectivity index (χ4n) is 3.58. The monoisotopic (exact) mass is 655 g/mol. The van der Waals surface area contributed by atoms with Crippen LogP contribution in [0.2, 0.25) is 51.7 Å². The maximum absolute atomic E-state index is 14.3. The van der Waals surface area contributed by atoms with Crippen LogP contribution in [-0.2, 0) is 8.85 Å². The predicted molar refractivity (Wildman–Crippen MR) is 164 cm³/mol. The van der Waals surface area contributed by atoms with E-state index in [0.717, 1.165) is 19.2 Å². The summed E-state index contributed by atoms with van der Waals surface area (Å²) in [7, 11) is -3.83. The van der Waals surface area contributed by atoms with Crippen molar-refractivity contribution in [1.82, 2.24) is 19.9 Å². The normalized spacial score (nSPS) is 20.2. The molecule has 1 aliphatic rings. The van der Waals surface area contributed by atoms with Crippen molar-refractivity contribution in [2.75, 3.05) is 11.9 Å². The Bertz CT molecular complexity index is 1130. The van der Waals surface area contributed by atoms with Crippen molar-refractivity contribution >= 4 is 57.3 Å². The highest BCUT2D eigenvalue weighted by Crippen LogP contribution is 2.43. The molecular weight excluding hydrogens is 615 g/mol. The van der Waals surface area contributed by atoms with Crippen molar-refractivity contribution in [1.29, 1.82) is 0 Å². The third kappa shape index (κ3) is 9.27. The van der Waals surface area contributed by atoms with Gasteiger partial charge in [0.05, 0.1) is 6.10 Å². The van der Waals surface area contributed by atoms with Gasteiger partial charge < -0.3 is 14.2 Å². The number of nitrogens with one attached hydrogen (secondary N) is 1. The molecule has 40 heavy (non-hydrogen) atoms. The summed E-state index contributed by atoms with van der Waals surface area (Å²) < 4.78 is 40.1. The summed E-state index contributed by atoms with van der Waals surface area (Å²) in [5.74, 6) is -0.976. The molecule has 2 aromatic heterocycles. The lowest BCUT2D eigenvalue weighted by Gasteiger charge is -2.41. The average molecular weight is 657 g/mol. The van der Waals surface area contributed by atoms with Crippen LogP contribution in [0.3, 0.4) is 0 Å². The zero-order chi connectivity index (χ0) is 30.7. The molecule has 0 aliphatic heterocycles. The minimum atomic E-state index is -1.96. The van der Waals surface area contributed by atoms with Gasteiger partial charge >= 0.3 is 0 Å². The van der Waals surface area contributed by atoms with Gasteiger partial charge in [0.15, 0.2) is 43.7 Å². The van der Waals surface area contributed by atoms with Crippen LogP contribution in [0, 0.1) is 17.6 Å². The standard InChI is InChI=1S/C22H41ClFN3O2Si2.C4HCl2FN2/c1-21(2,3)30(7,8)28-13-15-11-16(27-20-18(24)19(23)25-14-26-20)12-17(15)29-31(9,10)22(4,5)6;5-3-2(7)4(6)9-1-8-3/h14-17H,11-13H2,1-10H3,(H,25,26,27);1H/t15-,16+,17-;/m0./s1. The first-order chi connectivity index (χ1) is 18.2. The number of halogens is 5. The summed E-state index contributed by atoms with van der Waals surface area (Å²) in [6.07, 6.45) is 4.08. The molecule has 0 unspecified atom stereocenters. The Morgan fingerprint density at radius 2 is 1.27 bits per heavy atom. The minimum absolute atomic E-state index is 0.0447. The van der Waals surface area contributed by atoms with Gasteiger partial charge in [-0.2, -0.15) is 4.39 Å². The van der Waals surface area contributed by atoms with Crippen LogP contribution in [-0.4, -0.2) is 55.3 Å². The summed E-state index contributed by atoms with van der Waals surface area (Å²) in [6.45, 7) is 23.3. The van der Waals surface area contributed by atoms with E-state index >= 15 is 0 Å². The van der Waals surface area contributed by atoms with Gasteiger partial charge in [-0.25, -0.2) is 24.3 Å². The lowest BCUT2D eigenvalue weighted by atomic mass is 10.1. The van der Waals surface area contributed by atoms with E-state index in [1.165, 1.54) is 6.33 Å². The Hall–Kier alpha value is -0.956. The molecule has 2 aromatic rings. The molecule has 0 aromatic carbocycles. The molecule has 0 amide bonds. The van der Waals surface area contributed by atoms with E-state index in [0.29, 0.717) is 6.61 Å². The highest BCUT2D eigenvalue weighted by molar-refractivity contribution is 6.74. The first kappa shape index (κ1) is 35.2. The van der Waals surface area contributed by atoms with E-state index in [1.54, 1.807) is 0 Å². The summed E-state index contributed by atoms with van der Waals surface area (Å²) in [4.78, 5) is 14.4. The Morgan fingerprint density at radius 1 is 0.800 bits per heavy atom. The zero-order valence-corrected chi connectivity index (χ0v) is 29.3. The Morgan fingerprint density at radius 3 is 1.75 bits per heavy atom. The fraction of sp³-hybridized carbons (Fsp3) is 0.692. The van der Waals surface area contributed by atoms with Crippen LogP contribution < -0.4 is 5.32 Å². The van der Waals surface area contributed by atoms with Gasteiger partial charge in [-0.3, -0.25) is 0 Å². The van der Waals surface area contributed by atoms with Crippen LogP contribution in [0.25, 0.3) is 0 Å². The van der Waals surface area contributed by atoms with Gasteiger partial charge in [-0.05, 0) is 49.1 Å². The molecule has 3 atom stereocenters. The summed E-state index contributed by atoms with van der Waals surface area (Å²) >= 11 is 16.2. The van der Waals surface area contributed by atoms with Crippen LogP contribution in [0.15, 0.2) is 12.7 Å². The second-order valence-corrected chi connectivity index (χ2v) is 23.8. The zero-order valence-electron chi connectivity index (χ0n) is 25.0. The molecule has 7 nitrogen and oxygen atoms in total. The van der Waals surface area contributed by atoms with E-state index in [1.807, 2.05) is 0 Å². The summed E-state index contributed by atoms with van der Waals surface area (Å²) in [5.41, 5.74) is 0. The second-order valence-electron chi connectivity index (χ2n) is 13.2. The smallest absolute Gasteiger partial charge is 0.202 e. The fourth-order valence-corrected chi connectivity index (χ4v) is 6.49. The Labute approximate surface area is 254 Å². The number of hydrogen-bond donors (Lipinski definition) is 1. The van der Waals surface area contributed by atoms with Crippen molar-refractivity contribution in [3.63, 3.8) is 0 Å². The van der Waals surface area contributed by atoms with E-state index in [2.05, 4.69) is 93.0 Å². The SMILES string of the molecule is CC(C)(C)[Si](C)(C)OC[C@@H]1C[C@@H](Nc2ncnc(Cl)c2F)C[C@@H]1O[Si](C)(C)C(C)(C)C.Fc1c(Cl)ncnc1Cl. The molecule has 3 rings (SSSR count). The van der Waals surface area contributed by atoms with Crippen LogP contribution in [0.1, 0.15) is 54.4 Å². The maximum Gasteiger partial charge on any atom is 0.202 e. The lowest BCUT2D eigenvalue weighted by molar-refractivity contribution is 0.101. The summed E-state index contributed by atoms with van der Waals surface area (Å²) in [5, 5.41) is 2.84. The van der Waals surface area contributed by atoms with Crippen molar-refractivity contribution < 1.29 is 17.6 Å². The van der Waals surface area contributed by atoms with E-state index in [9.17, 15) is 8.78 Å². The number of aromatic nitrogens is 4. The number of rotatable bonds is 7. The minimum Gasteiger partial charge on any atom is -0.416 e. The number of anilines is 1. The van der Waals surface area contributed by atoms with E-state index in [4.69, 9.17) is 43.7 Å². The molecule has 1 fully saturated rings. The number of nitrogens with zero attached hydrogens (tertiary/aromatic N) is 4. The molecule has 226 valence electrons. The third-order valence-electron chi connectivity index (χ3n) is 8.14. The second kappa shape index (κ2) is 13.6. The van der Waals surface area contributed by atoms with E-state index in [-0.39, 0.29) is 49.4 Å². The summed E-state index contributed by atoms with van der Waals surface area (Å²) in [6, 6.07) is 0.0447. The first-order valence-electron chi connectivity index (χ1n) is 13.2. The lowest BCUT2D eigenvalue weighted by Crippen LogP contribution is -2.46.